The van der Waals surface area contributed by atoms with E-state index in [0.29, 0.717) is 12.0 Å². The first-order valence-electron chi connectivity index (χ1n) is 7.44. The van der Waals surface area contributed by atoms with Gasteiger partial charge in [0.1, 0.15) is 30.2 Å². The van der Waals surface area contributed by atoms with Gasteiger partial charge in [-0.15, -0.1) is 0 Å². The molecule has 0 unspecified atom stereocenters. The number of hydrogen-bond donors (Lipinski definition) is 5. The van der Waals surface area contributed by atoms with Gasteiger partial charge in [-0.2, -0.15) is 0 Å². The van der Waals surface area contributed by atoms with E-state index >= 15 is 0 Å². The van der Waals surface area contributed by atoms with Crippen molar-refractivity contribution in [2.75, 3.05) is 6.61 Å². The van der Waals surface area contributed by atoms with Gasteiger partial charge in [0.15, 0.2) is 11.5 Å². The largest absolute Gasteiger partial charge is 0.504 e. The molecule has 2 heterocycles. The molecule has 1 aromatic carbocycles. The zero-order valence-corrected chi connectivity index (χ0v) is 12.5. The molecule has 24 heavy (non-hydrogen) atoms. The van der Waals surface area contributed by atoms with Gasteiger partial charge in [-0.1, -0.05) is 0 Å². The second-order valence-electron chi connectivity index (χ2n) is 5.72. The van der Waals surface area contributed by atoms with E-state index in [0.717, 1.165) is 0 Å². The fraction of sp³-hybridized carbons (Fsp3) is 0.533. The Hall–Kier alpha value is -1.91. The summed E-state index contributed by atoms with van der Waals surface area (Å²) < 4.78 is 15.6. The number of esters is 1. The molecule has 0 aliphatic carbocycles. The Morgan fingerprint density at radius 2 is 1.88 bits per heavy atom. The highest BCUT2D eigenvalue weighted by Crippen LogP contribution is 2.38. The van der Waals surface area contributed by atoms with Gasteiger partial charge < -0.3 is 39.7 Å². The third kappa shape index (κ3) is 3.04. The van der Waals surface area contributed by atoms with Crippen molar-refractivity contribution >= 4 is 5.97 Å². The smallest absolute Gasteiger partial charge is 0.311 e. The summed E-state index contributed by atoms with van der Waals surface area (Å²) in [6.07, 6.45) is -6.60. The van der Waals surface area contributed by atoms with Crippen molar-refractivity contribution in [3.05, 3.63) is 17.7 Å². The van der Waals surface area contributed by atoms with Gasteiger partial charge >= 0.3 is 5.97 Å². The van der Waals surface area contributed by atoms with Crippen LogP contribution in [0.2, 0.25) is 0 Å². The second kappa shape index (κ2) is 6.54. The van der Waals surface area contributed by atoms with Gasteiger partial charge in [0.05, 0.1) is 13.0 Å². The molecule has 0 amide bonds. The molecule has 1 saturated heterocycles. The zero-order valence-electron chi connectivity index (χ0n) is 12.5. The van der Waals surface area contributed by atoms with E-state index < -0.39 is 43.3 Å². The van der Waals surface area contributed by atoms with Crippen LogP contribution in [-0.4, -0.2) is 68.8 Å². The standard InChI is InChI=1S/C15H18O9/c16-5-10-12(19)13(20)14(21)15(24-10)23-9-3-6-1-2-11(18)22-8(6)4-7(9)17/h3-4,10,12-17,19-21H,1-2,5H2/t10-,12-,13+,14-,15-/m1/s1. The first-order chi connectivity index (χ1) is 11.4. The lowest BCUT2D eigenvalue weighted by molar-refractivity contribution is -0.277. The molecule has 5 N–H and O–H groups in total. The first-order valence-corrected chi connectivity index (χ1v) is 7.44. The number of aryl methyl sites for hydroxylation is 1. The predicted octanol–water partition coefficient (Wildman–Crippen LogP) is -1.58. The fourth-order valence-corrected chi connectivity index (χ4v) is 2.68. The van der Waals surface area contributed by atoms with Crippen molar-refractivity contribution in [2.45, 2.75) is 43.5 Å². The van der Waals surface area contributed by atoms with Crippen LogP contribution in [0.15, 0.2) is 12.1 Å². The summed E-state index contributed by atoms with van der Waals surface area (Å²) in [7, 11) is 0. The van der Waals surface area contributed by atoms with Crippen LogP contribution >= 0.6 is 0 Å². The number of aliphatic hydroxyl groups excluding tert-OH is 4. The van der Waals surface area contributed by atoms with E-state index in [4.69, 9.17) is 19.3 Å². The zero-order chi connectivity index (χ0) is 17.4. The van der Waals surface area contributed by atoms with Crippen LogP contribution in [0.4, 0.5) is 0 Å². The number of ether oxygens (including phenoxy) is 3. The minimum Gasteiger partial charge on any atom is -0.504 e. The molecular formula is C15H18O9. The van der Waals surface area contributed by atoms with E-state index in [1.165, 1.54) is 12.1 Å². The van der Waals surface area contributed by atoms with Gasteiger partial charge in [0.25, 0.3) is 0 Å². The van der Waals surface area contributed by atoms with Crippen LogP contribution < -0.4 is 9.47 Å². The number of rotatable bonds is 3. The minimum atomic E-state index is -1.59. The normalized spacial score (nSPS) is 32.8. The Balaban J connectivity index is 1.81. The summed E-state index contributed by atoms with van der Waals surface area (Å²) in [6.45, 7) is -0.586. The van der Waals surface area contributed by atoms with E-state index in [2.05, 4.69) is 0 Å². The topological polar surface area (TPSA) is 146 Å². The van der Waals surface area contributed by atoms with E-state index in [9.17, 15) is 25.2 Å². The van der Waals surface area contributed by atoms with Crippen LogP contribution in [0.25, 0.3) is 0 Å². The number of aliphatic hydroxyl groups is 4. The van der Waals surface area contributed by atoms with Crippen molar-refractivity contribution in [1.82, 2.24) is 0 Å². The van der Waals surface area contributed by atoms with Gasteiger partial charge in [0.2, 0.25) is 6.29 Å². The molecule has 2 aliphatic heterocycles. The summed E-state index contributed by atoms with van der Waals surface area (Å²) in [6, 6.07) is 2.66. The van der Waals surface area contributed by atoms with Crippen LogP contribution in [-0.2, 0) is 16.0 Å². The Kier molecular flexibility index (Phi) is 4.61. The summed E-state index contributed by atoms with van der Waals surface area (Å²) in [5, 5.41) is 48.6. The van der Waals surface area contributed by atoms with Gasteiger partial charge in [-0.3, -0.25) is 4.79 Å². The number of aromatic hydroxyl groups is 1. The molecule has 0 bridgehead atoms. The Bertz CT molecular complexity index is 630. The van der Waals surface area contributed by atoms with Crippen LogP contribution in [0.3, 0.4) is 0 Å². The lowest BCUT2D eigenvalue weighted by Crippen LogP contribution is -2.60. The summed E-state index contributed by atoms with van der Waals surface area (Å²) in [4.78, 5) is 11.3. The lowest BCUT2D eigenvalue weighted by Gasteiger charge is -2.39. The molecule has 0 saturated carbocycles. The van der Waals surface area contributed by atoms with E-state index in [-0.39, 0.29) is 23.7 Å². The van der Waals surface area contributed by atoms with E-state index in [1.54, 1.807) is 0 Å². The Morgan fingerprint density at radius 1 is 1.12 bits per heavy atom. The Morgan fingerprint density at radius 3 is 2.58 bits per heavy atom. The quantitative estimate of drug-likeness (QED) is 0.324. The SMILES string of the molecule is O=C1CCc2cc(O[C@@H]3O[C@H](CO)[C@@H](O)[C@H](O)[C@H]3O)c(O)cc2O1. The molecule has 3 rings (SSSR count). The molecule has 1 aromatic rings. The number of phenolic OH excluding ortho intramolecular Hbond substituents is 1. The molecule has 0 spiro atoms. The fourth-order valence-electron chi connectivity index (χ4n) is 2.68. The van der Waals surface area contributed by atoms with Crippen LogP contribution in [0.5, 0.6) is 17.2 Å². The highest BCUT2D eigenvalue weighted by Gasteiger charge is 2.45. The minimum absolute atomic E-state index is 0.0453. The number of fused-ring (bicyclic) bond motifs is 1. The molecule has 0 aromatic heterocycles. The summed E-state index contributed by atoms with van der Waals surface area (Å²) >= 11 is 0. The first kappa shape index (κ1) is 16.9. The molecule has 9 nitrogen and oxygen atoms in total. The maximum atomic E-state index is 11.3. The molecule has 0 radical (unpaired) electrons. The maximum absolute atomic E-state index is 11.3. The average molecular weight is 342 g/mol. The van der Waals surface area contributed by atoms with Gasteiger partial charge in [-0.25, -0.2) is 0 Å². The van der Waals surface area contributed by atoms with Crippen LogP contribution in [0.1, 0.15) is 12.0 Å². The van der Waals surface area contributed by atoms with Gasteiger partial charge in [0, 0.05) is 6.07 Å². The van der Waals surface area contributed by atoms with Crippen molar-refractivity contribution in [3.8, 4) is 17.2 Å². The number of hydrogen-bond acceptors (Lipinski definition) is 9. The summed E-state index contributed by atoms with van der Waals surface area (Å²) in [5.41, 5.74) is 0.631. The highest BCUT2D eigenvalue weighted by atomic mass is 16.7. The van der Waals surface area contributed by atoms with Crippen molar-refractivity contribution in [2.24, 2.45) is 0 Å². The van der Waals surface area contributed by atoms with Crippen molar-refractivity contribution < 1.29 is 44.5 Å². The van der Waals surface area contributed by atoms with Crippen molar-refractivity contribution in [1.29, 1.82) is 0 Å². The molecule has 1 fully saturated rings. The molecule has 132 valence electrons. The maximum Gasteiger partial charge on any atom is 0.311 e. The third-order valence-corrected chi connectivity index (χ3v) is 4.06. The second-order valence-corrected chi connectivity index (χ2v) is 5.72. The Labute approximate surface area is 136 Å². The molecule has 9 heteroatoms. The number of benzene rings is 1. The summed E-state index contributed by atoms with van der Waals surface area (Å²) in [5.74, 6) is -0.564. The number of carbonyl (C=O) groups is 1. The van der Waals surface area contributed by atoms with Crippen molar-refractivity contribution in [3.63, 3.8) is 0 Å². The predicted molar refractivity (Wildman–Crippen MR) is 76.5 cm³/mol. The average Bonchev–Trinajstić information content (AvgIpc) is 2.56. The molecular weight excluding hydrogens is 324 g/mol. The molecule has 5 atom stereocenters. The highest BCUT2D eigenvalue weighted by molar-refractivity contribution is 5.76. The van der Waals surface area contributed by atoms with Crippen LogP contribution in [0, 0.1) is 0 Å². The number of carbonyl (C=O) groups excluding carboxylic acids is 1. The lowest BCUT2D eigenvalue weighted by atomic mass is 9.99. The number of phenols is 1. The monoisotopic (exact) mass is 342 g/mol. The van der Waals surface area contributed by atoms with E-state index in [1.807, 2.05) is 0 Å². The third-order valence-electron chi connectivity index (χ3n) is 4.06. The van der Waals surface area contributed by atoms with Gasteiger partial charge in [-0.05, 0) is 18.1 Å². The molecule has 2 aliphatic rings.